The van der Waals surface area contributed by atoms with Crippen LogP contribution in [0.1, 0.15) is 0 Å². The van der Waals surface area contributed by atoms with Gasteiger partial charge in [0.05, 0.1) is 55.7 Å². The van der Waals surface area contributed by atoms with Crippen LogP contribution in [0.25, 0.3) is 10.8 Å². The number of hydrogen-bond acceptors (Lipinski definition) is 19. The third kappa shape index (κ3) is 9.87. The van der Waals surface area contributed by atoms with Crippen LogP contribution in [-0.2, 0) is 35.1 Å². The Balaban J connectivity index is 1.38. The van der Waals surface area contributed by atoms with E-state index >= 15 is 0 Å². The SMILES string of the molecule is COc1ccc(NN=C2C(=O)C(NN=C3C=CC(=Nc4ccc([N+](=O)[O-])cc4S(=O)(=O)O)C=C3)=CC(N=Nc3cc(S(=O)(=O)O)cc4cc(S(=O)(=O)O)cc(O)c34)=C2O)cc1. The number of phenols is 1. The summed E-state index contributed by atoms with van der Waals surface area (Å²) in [5.41, 5.74) is 2.76. The van der Waals surface area contributed by atoms with E-state index in [9.17, 15) is 64.0 Å². The van der Waals surface area contributed by atoms with E-state index in [0.29, 0.717) is 23.6 Å². The van der Waals surface area contributed by atoms with Gasteiger partial charge in [0.1, 0.15) is 27.8 Å². The Labute approximate surface area is 343 Å². The van der Waals surface area contributed by atoms with Gasteiger partial charge in [-0.15, -0.1) is 10.2 Å². The molecule has 7 N–H and O–H groups in total. The Bertz CT molecular complexity index is 3130. The average Bonchev–Trinajstić information content (AvgIpc) is 3.19. The first-order chi connectivity index (χ1) is 28.6. The molecule has 4 aromatic rings. The van der Waals surface area contributed by atoms with Gasteiger partial charge in [0, 0.05) is 18.2 Å². The van der Waals surface area contributed by atoms with Crippen LogP contribution in [0.4, 0.5) is 22.7 Å². The number of methoxy groups -OCH3 is 1. The number of ether oxygens (including phenoxy) is 1. The second-order valence-electron chi connectivity index (χ2n) is 12.3. The fraction of sp³-hybridized carbons (Fsp3) is 0.0286. The lowest BCUT2D eigenvalue weighted by molar-refractivity contribution is -0.385. The highest BCUT2D eigenvalue weighted by molar-refractivity contribution is 7.86. The second kappa shape index (κ2) is 16.6. The van der Waals surface area contributed by atoms with Gasteiger partial charge in [0.25, 0.3) is 36.0 Å². The van der Waals surface area contributed by atoms with Crippen molar-refractivity contribution in [3.05, 3.63) is 124 Å². The van der Waals surface area contributed by atoms with Crippen molar-refractivity contribution in [2.75, 3.05) is 12.5 Å². The van der Waals surface area contributed by atoms with Crippen LogP contribution >= 0.6 is 0 Å². The number of nitrogens with one attached hydrogen (secondary N) is 2. The molecule has 0 fully saturated rings. The monoisotopic (exact) mass is 894 g/mol. The first-order valence-electron chi connectivity index (χ1n) is 16.5. The fourth-order valence-corrected chi connectivity index (χ4v) is 7.08. The predicted molar refractivity (Wildman–Crippen MR) is 215 cm³/mol. The van der Waals surface area contributed by atoms with Crippen molar-refractivity contribution in [1.82, 2.24) is 5.43 Å². The summed E-state index contributed by atoms with van der Waals surface area (Å²) in [5, 5.41) is 48.4. The maximum absolute atomic E-state index is 13.7. The normalized spacial score (nSPS) is 15.4. The lowest BCUT2D eigenvalue weighted by Crippen LogP contribution is -2.30. The molecule has 6 rings (SSSR count). The van der Waals surface area contributed by atoms with Crippen molar-refractivity contribution in [3.63, 3.8) is 0 Å². The molecule has 2 aliphatic rings. The standard InChI is InChI=1S/C35H26N8O15S3/c1-58-23-9-6-21(7-10-23)38-42-33-34(45)28(40-37-20-4-2-19(3-5-20)36-26-11-8-22(43(47)48)14-31(26)61(55,56)57)17-29(35(33)46)41-39-27-15-24(59(49,50)51)12-18-13-25(60(52,53)54)16-30(44)32(18)27/h2-17,38,40,44,46H,1H3,(H,49,50,51)(H,52,53,54)(H,55,56,57). The van der Waals surface area contributed by atoms with E-state index in [4.69, 9.17) is 4.74 Å². The quantitative estimate of drug-likeness (QED) is 0.0250. The number of aliphatic hydroxyl groups excluding tert-OH is 1. The molecule has 0 radical (unpaired) electrons. The third-order valence-electron chi connectivity index (χ3n) is 8.25. The number of aliphatic hydroxyl groups is 1. The average molecular weight is 895 g/mol. The number of nitrogens with zero attached hydrogens (tertiary/aromatic N) is 6. The number of phenolic OH excluding ortho intramolecular Hbond substituents is 1. The Hall–Kier alpha value is -7.49. The van der Waals surface area contributed by atoms with Gasteiger partial charge < -0.3 is 14.9 Å². The summed E-state index contributed by atoms with van der Waals surface area (Å²) >= 11 is 0. The molecule has 0 unspecified atom stereocenters. The Kier molecular flexibility index (Phi) is 11.8. The molecule has 314 valence electrons. The van der Waals surface area contributed by atoms with Gasteiger partial charge in [-0.2, -0.15) is 35.5 Å². The number of allylic oxidation sites excluding steroid dienone is 7. The summed E-state index contributed by atoms with van der Waals surface area (Å²) in [6, 6.07) is 11.9. The first-order valence-corrected chi connectivity index (χ1v) is 20.8. The number of hydrogen-bond donors (Lipinski definition) is 7. The molecule has 0 atom stereocenters. The number of nitro benzene ring substituents is 1. The summed E-state index contributed by atoms with van der Waals surface area (Å²) in [4.78, 5) is 25.6. The van der Waals surface area contributed by atoms with Gasteiger partial charge in [-0.3, -0.25) is 39.4 Å². The molecule has 0 saturated carbocycles. The largest absolute Gasteiger partial charge is 0.507 e. The van der Waals surface area contributed by atoms with Crippen molar-refractivity contribution >= 4 is 86.8 Å². The Morgan fingerprint density at radius 1 is 0.721 bits per heavy atom. The van der Waals surface area contributed by atoms with E-state index in [1.807, 2.05) is 0 Å². The number of nitro groups is 1. The number of rotatable bonds is 12. The molecule has 0 spiro atoms. The summed E-state index contributed by atoms with van der Waals surface area (Å²) < 4.78 is 106. The Morgan fingerprint density at radius 3 is 1.93 bits per heavy atom. The van der Waals surface area contributed by atoms with Crippen LogP contribution < -0.4 is 15.6 Å². The molecule has 2 aliphatic carbocycles. The van der Waals surface area contributed by atoms with Crippen LogP contribution in [-0.4, -0.2) is 84.1 Å². The minimum atomic E-state index is -4.99. The highest BCUT2D eigenvalue weighted by Crippen LogP contribution is 2.39. The van der Waals surface area contributed by atoms with Crippen LogP contribution in [0.3, 0.4) is 0 Å². The highest BCUT2D eigenvalue weighted by atomic mass is 32.2. The van der Waals surface area contributed by atoms with E-state index < -0.39 is 90.0 Å². The smallest absolute Gasteiger partial charge is 0.296 e. The first kappa shape index (κ1) is 43.1. The van der Waals surface area contributed by atoms with Crippen molar-refractivity contribution in [3.8, 4) is 11.5 Å². The van der Waals surface area contributed by atoms with Crippen LogP contribution in [0.5, 0.6) is 11.5 Å². The number of benzene rings is 4. The molecule has 0 saturated heterocycles. The molecule has 0 bridgehead atoms. The van der Waals surface area contributed by atoms with E-state index in [1.165, 1.54) is 43.5 Å². The molecule has 0 aliphatic heterocycles. The molecule has 0 aromatic heterocycles. The van der Waals surface area contributed by atoms with E-state index in [2.05, 4.69) is 36.3 Å². The van der Waals surface area contributed by atoms with Crippen LogP contribution in [0.15, 0.2) is 154 Å². The molecule has 4 aromatic carbocycles. The van der Waals surface area contributed by atoms with Crippen molar-refractivity contribution < 1.29 is 63.6 Å². The van der Waals surface area contributed by atoms with Crippen molar-refractivity contribution in [1.29, 1.82) is 0 Å². The zero-order valence-corrected chi connectivity index (χ0v) is 32.9. The fourth-order valence-electron chi connectivity index (χ4n) is 5.36. The third-order valence-corrected chi connectivity index (χ3v) is 10.8. The zero-order chi connectivity index (χ0) is 44.4. The molecule has 0 amide bonds. The van der Waals surface area contributed by atoms with Crippen molar-refractivity contribution in [2.45, 2.75) is 14.7 Å². The summed E-state index contributed by atoms with van der Waals surface area (Å²) in [5.74, 6) is -2.13. The number of ketones is 1. The van der Waals surface area contributed by atoms with Crippen LogP contribution in [0, 0.1) is 10.1 Å². The number of fused-ring (bicyclic) bond motifs is 1. The van der Waals surface area contributed by atoms with E-state index in [1.54, 1.807) is 12.1 Å². The minimum absolute atomic E-state index is 0.117. The molecule has 23 nitrogen and oxygen atoms in total. The van der Waals surface area contributed by atoms with Crippen molar-refractivity contribution in [2.24, 2.45) is 25.4 Å². The minimum Gasteiger partial charge on any atom is -0.507 e. The molecular weight excluding hydrogens is 869 g/mol. The van der Waals surface area contributed by atoms with Gasteiger partial charge in [0.15, 0.2) is 11.5 Å². The maximum atomic E-state index is 13.7. The van der Waals surface area contributed by atoms with Gasteiger partial charge in [-0.25, -0.2) is 4.99 Å². The topological polar surface area (TPSA) is 359 Å². The molecule has 26 heteroatoms. The molecule has 61 heavy (non-hydrogen) atoms. The number of aromatic hydroxyl groups is 1. The number of non-ortho nitro benzene ring substituents is 1. The second-order valence-corrected chi connectivity index (χ2v) is 16.5. The summed E-state index contributed by atoms with van der Waals surface area (Å²) in [6.07, 6.45) is 6.39. The predicted octanol–water partition coefficient (Wildman–Crippen LogP) is 4.83. The van der Waals surface area contributed by atoms with Gasteiger partial charge in [0.2, 0.25) is 5.78 Å². The highest BCUT2D eigenvalue weighted by Gasteiger charge is 2.30. The summed E-state index contributed by atoms with van der Waals surface area (Å²) in [6.45, 7) is 0. The lowest BCUT2D eigenvalue weighted by Gasteiger charge is -2.15. The Morgan fingerprint density at radius 2 is 1.34 bits per heavy atom. The van der Waals surface area contributed by atoms with Gasteiger partial charge >= 0.3 is 0 Å². The summed E-state index contributed by atoms with van der Waals surface area (Å²) in [7, 11) is -13.4. The molecular formula is C35H26N8O15S3. The number of carbonyl (C=O) groups excluding carboxylic acids is 1. The van der Waals surface area contributed by atoms with E-state index in [-0.39, 0.29) is 33.6 Å². The number of azo groups is 1. The van der Waals surface area contributed by atoms with E-state index in [0.717, 1.165) is 36.4 Å². The lowest BCUT2D eigenvalue weighted by atomic mass is 10.0. The van der Waals surface area contributed by atoms with Gasteiger partial charge in [-0.1, -0.05) is 0 Å². The van der Waals surface area contributed by atoms with Gasteiger partial charge in [-0.05, 0) is 84.3 Å². The zero-order valence-electron chi connectivity index (χ0n) is 30.5. The number of aliphatic imine (C=N–C) groups is 1. The number of hydrazone groups is 2. The number of anilines is 1. The van der Waals surface area contributed by atoms with Crippen LogP contribution in [0.2, 0.25) is 0 Å². The maximum Gasteiger partial charge on any atom is 0.296 e. The number of carbonyl (C=O) groups is 1. The molecule has 0 heterocycles. The number of Topliss-reactive ketones (excluding diaryl/α,β-unsaturated/α-hetero) is 1.